The maximum absolute atomic E-state index is 5.08. The summed E-state index contributed by atoms with van der Waals surface area (Å²) in [6.07, 6.45) is 8.99. The van der Waals surface area contributed by atoms with Crippen molar-refractivity contribution in [2.75, 3.05) is 0 Å². The zero-order chi connectivity index (χ0) is 4.41. The number of hydrogen-bond acceptors (Lipinski definition) is 0. The van der Waals surface area contributed by atoms with Crippen LogP contribution in [0.25, 0.3) is 0 Å². The smallest absolute Gasteiger partial charge is 1.00 e. The summed E-state index contributed by atoms with van der Waals surface area (Å²) in [7, 11) is 0. The van der Waals surface area contributed by atoms with Gasteiger partial charge >= 0.3 is 23.1 Å². The van der Waals surface area contributed by atoms with Gasteiger partial charge in [0, 0.05) is 5.92 Å². The molecule has 0 aliphatic heterocycles. The fourth-order valence-corrected chi connectivity index (χ4v) is 0.575. The molecule has 1 fully saturated rings. The van der Waals surface area contributed by atoms with Crippen LogP contribution < -0.4 is 0 Å². The second-order valence-corrected chi connectivity index (χ2v) is 1.79. The maximum Gasteiger partial charge on any atom is 2.00 e. The Hall–Kier alpha value is 0.806. The van der Waals surface area contributed by atoms with Gasteiger partial charge in [-0.3, -0.25) is 0 Å². The van der Waals surface area contributed by atoms with Crippen LogP contribution >= 0.6 is 17.0 Å². The summed E-state index contributed by atoms with van der Waals surface area (Å²) in [5.41, 5.74) is 0. The predicted molar refractivity (Wildman–Crippen MR) is 44.5 cm³/mol. The predicted octanol–water partition coefficient (Wildman–Crippen LogP) is 1.84. The fraction of sp³-hybridized carbons (Fsp3) is 0.667. The van der Waals surface area contributed by atoms with Crippen molar-refractivity contribution in [3.8, 4) is 12.3 Å². The van der Waals surface area contributed by atoms with Crippen LogP contribution in [0.4, 0.5) is 0 Å². The molecule has 1 rings (SSSR count). The van der Waals surface area contributed by atoms with Crippen LogP contribution in [0.3, 0.4) is 0 Å². The Morgan fingerprint density at radius 3 is 2.00 bits per heavy atom. The molecule has 1 saturated carbocycles. The zero-order valence-electron chi connectivity index (χ0n) is 6.89. The Morgan fingerprint density at radius 2 is 2.00 bits per heavy atom. The molecule has 8 heavy (non-hydrogen) atoms. The molecular formula is C6H11BrMg. The Bertz CT molecular complexity index is 88.2. The van der Waals surface area contributed by atoms with Gasteiger partial charge in [0.1, 0.15) is 0 Å². The molecule has 2 heteroatoms. The van der Waals surface area contributed by atoms with Gasteiger partial charge in [-0.05, 0) is 12.8 Å². The van der Waals surface area contributed by atoms with Crippen LogP contribution in [0.15, 0.2) is 0 Å². The minimum Gasteiger partial charge on any atom is -1.00 e. The minimum atomic E-state index is 0. The third-order valence-corrected chi connectivity index (χ3v) is 1.34. The van der Waals surface area contributed by atoms with E-state index in [0.717, 1.165) is 0 Å². The average molecular weight is 187 g/mol. The molecule has 0 heterocycles. The van der Waals surface area contributed by atoms with Crippen molar-refractivity contribution >= 4 is 40.0 Å². The SMILES string of the molecule is Br.C#CC1CCC1.[H-].[H-].[Mg+2]. The molecule has 0 saturated heterocycles. The van der Waals surface area contributed by atoms with E-state index in [2.05, 4.69) is 5.92 Å². The van der Waals surface area contributed by atoms with Gasteiger partial charge in [-0.15, -0.1) is 29.3 Å². The first-order chi connectivity index (χ1) is 2.93. The van der Waals surface area contributed by atoms with Gasteiger partial charge in [0.05, 0.1) is 0 Å². The zero-order valence-corrected chi connectivity index (χ0v) is 8.02. The summed E-state index contributed by atoms with van der Waals surface area (Å²) in [5, 5.41) is 0. The molecule has 0 aromatic heterocycles. The van der Waals surface area contributed by atoms with Crippen LogP contribution in [-0.2, 0) is 0 Å². The van der Waals surface area contributed by atoms with Crippen LogP contribution in [0.5, 0.6) is 0 Å². The molecule has 1 aliphatic carbocycles. The Balaban J connectivity index is -0.0000000450. The first kappa shape index (κ1) is 11.6. The summed E-state index contributed by atoms with van der Waals surface area (Å²) in [6, 6.07) is 0. The van der Waals surface area contributed by atoms with Crippen molar-refractivity contribution in [3.63, 3.8) is 0 Å². The van der Waals surface area contributed by atoms with Gasteiger partial charge in [-0.1, -0.05) is 6.42 Å². The van der Waals surface area contributed by atoms with E-state index in [-0.39, 0.29) is 42.9 Å². The van der Waals surface area contributed by atoms with E-state index < -0.39 is 0 Å². The van der Waals surface area contributed by atoms with Crippen molar-refractivity contribution < 1.29 is 2.85 Å². The van der Waals surface area contributed by atoms with Gasteiger partial charge in [0.2, 0.25) is 0 Å². The van der Waals surface area contributed by atoms with Gasteiger partial charge in [0.15, 0.2) is 0 Å². The number of hydrogen-bond donors (Lipinski definition) is 0. The molecule has 0 spiro atoms. The van der Waals surface area contributed by atoms with Crippen molar-refractivity contribution in [3.05, 3.63) is 0 Å². The van der Waals surface area contributed by atoms with E-state index in [1.54, 1.807) is 0 Å². The van der Waals surface area contributed by atoms with Crippen LogP contribution in [-0.4, -0.2) is 23.1 Å². The first-order valence-electron chi connectivity index (χ1n) is 2.39. The summed E-state index contributed by atoms with van der Waals surface area (Å²) in [6.45, 7) is 0. The van der Waals surface area contributed by atoms with Crippen molar-refractivity contribution in [1.82, 2.24) is 0 Å². The van der Waals surface area contributed by atoms with Crippen molar-refractivity contribution in [2.24, 2.45) is 5.92 Å². The fourth-order valence-electron chi connectivity index (χ4n) is 0.575. The summed E-state index contributed by atoms with van der Waals surface area (Å²) < 4.78 is 0. The quantitative estimate of drug-likeness (QED) is 0.401. The standard InChI is InChI=1S/C6H8.BrH.Mg.2H/c1-2-6-4-3-5-6;;;;/h1,6H,3-5H2;1H;;;/q;;+2;2*-1. The van der Waals surface area contributed by atoms with Crippen molar-refractivity contribution in [2.45, 2.75) is 19.3 Å². The molecule has 1 aliphatic rings. The van der Waals surface area contributed by atoms with E-state index in [0.29, 0.717) is 5.92 Å². The van der Waals surface area contributed by atoms with Gasteiger partial charge in [0.25, 0.3) is 0 Å². The topological polar surface area (TPSA) is 0 Å². The van der Waals surface area contributed by atoms with Crippen LogP contribution in [0.1, 0.15) is 22.1 Å². The number of rotatable bonds is 0. The maximum atomic E-state index is 5.08. The molecule has 0 unspecified atom stereocenters. The van der Waals surface area contributed by atoms with Gasteiger partial charge < -0.3 is 2.85 Å². The Morgan fingerprint density at radius 1 is 1.50 bits per heavy atom. The molecule has 0 radical (unpaired) electrons. The molecular weight excluding hydrogens is 176 g/mol. The van der Waals surface area contributed by atoms with E-state index in [4.69, 9.17) is 6.42 Å². The molecule has 0 atom stereocenters. The van der Waals surface area contributed by atoms with Crippen LogP contribution in [0, 0.1) is 18.3 Å². The largest absolute Gasteiger partial charge is 2.00 e. The number of terminal acetylenes is 1. The molecule has 0 nitrogen and oxygen atoms in total. The van der Waals surface area contributed by atoms with E-state index in [1.165, 1.54) is 19.3 Å². The molecule has 0 aromatic rings. The monoisotopic (exact) mass is 186 g/mol. The minimum absolute atomic E-state index is 0. The van der Waals surface area contributed by atoms with E-state index in [9.17, 15) is 0 Å². The van der Waals surface area contributed by atoms with Gasteiger partial charge in [-0.25, -0.2) is 0 Å². The average Bonchev–Trinajstić information content (AvgIpc) is 1.31. The van der Waals surface area contributed by atoms with Crippen LogP contribution in [0.2, 0.25) is 0 Å². The Labute approximate surface area is 80.3 Å². The Kier molecular flexibility index (Phi) is 8.59. The normalized spacial score (nSPS) is 16.4. The molecule has 0 aromatic carbocycles. The molecule has 0 N–H and O–H groups in total. The van der Waals surface area contributed by atoms with Gasteiger partial charge in [-0.2, -0.15) is 0 Å². The second kappa shape index (κ2) is 5.93. The molecule has 0 bridgehead atoms. The molecule has 0 amide bonds. The van der Waals surface area contributed by atoms with E-state index in [1.807, 2.05) is 0 Å². The van der Waals surface area contributed by atoms with Crippen molar-refractivity contribution in [1.29, 1.82) is 0 Å². The first-order valence-corrected chi connectivity index (χ1v) is 2.39. The summed E-state index contributed by atoms with van der Waals surface area (Å²) >= 11 is 0. The third-order valence-electron chi connectivity index (χ3n) is 1.34. The molecule has 44 valence electrons. The summed E-state index contributed by atoms with van der Waals surface area (Å²) in [5.74, 6) is 3.34. The number of halogens is 1. The third kappa shape index (κ3) is 2.96. The summed E-state index contributed by atoms with van der Waals surface area (Å²) in [4.78, 5) is 0. The second-order valence-electron chi connectivity index (χ2n) is 1.79. The van der Waals surface area contributed by atoms with E-state index >= 15 is 0 Å².